The zero-order valence-corrected chi connectivity index (χ0v) is 11.2. The molecule has 0 spiro atoms. The van der Waals surface area contributed by atoms with E-state index in [4.69, 9.17) is 5.11 Å². The molecule has 0 aromatic heterocycles. The Kier molecular flexibility index (Phi) is 4.12. The number of rotatable bonds is 3. The SMILES string of the molecule is CN(C(=O)c1cccc(C(F)(F)F)c1)C(C)(C)C(=O)O. The lowest BCUT2D eigenvalue weighted by Gasteiger charge is -2.31. The minimum Gasteiger partial charge on any atom is -0.480 e. The van der Waals surface area contributed by atoms with E-state index in [0.29, 0.717) is 6.07 Å². The van der Waals surface area contributed by atoms with Crippen LogP contribution in [0.4, 0.5) is 13.2 Å². The maximum Gasteiger partial charge on any atom is 0.416 e. The Balaban J connectivity index is 3.14. The third-order valence-corrected chi connectivity index (χ3v) is 3.10. The minimum absolute atomic E-state index is 0.211. The quantitative estimate of drug-likeness (QED) is 0.930. The summed E-state index contributed by atoms with van der Waals surface area (Å²) in [5.41, 5.74) is -2.69. The summed E-state index contributed by atoms with van der Waals surface area (Å²) in [7, 11) is 1.23. The van der Waals surface area contributed by atoms with E-state index in [2.05, 4.69) is 0 Å². The molecule has 0 saturated carbocycles. The molecule has 0 aliphatic carbocycles. The second kappa shape index (κ2) is 5.15. The molecule has 0 aliphatic heterocycles. The molecule has 7 heteroatoms. The number of hydrogen-bond donors (Lipinski definition) is 1. The molecule has 4 nitrogen and oxygen atoms in total. The van der Waals surface area contributed by atoms with Gasteiger partial charge in [-0.25, -0.2) is 4.79 Å². The fourth-order valence-electron chi connectivity index (χ4n) is 1.42. The van der Waals surface area contributed by atoms with E-state index in [-0.39, 0.29) is 5.56 Å². The Morgan fingerprint density at radius 3 is 2.20 bits per heavy atom. The maximum absolute atomic E-state index is 12.6. The number of carboxylic acids is 1. The van der Waals surface area contributed by atoms with Crippen LogP contribution in [0.3, 0.4) is 0 Å². The lowest BCUT2D eigenvalue weighted by molar-refractivity contribution is -0.147. The molecular formula is C13H14F3NO3. The van der Waals surface area contributed by atoms with Gasteiger partial charge in [0.25, 0.3) is 5.91 Å². The van der Waals surface area contributed by atoms with E-state index < -0.39 is 29.2 Å². The largest absolute Gasteiger partial charge is 0.480 e. The van der Waals surface area contributed by atoms with Crippen LogP contribution < -0.4 is 0 Å². The van der Waals surface area contributed by atoms with Gasteiger partial charge in [-0.1, -0.05) is 6.07 Å². The number of likely N-dealkylation sites (N-methyl/N-ethyl adjacent to an activating group) is 1. The van der Waals surface area contributed by atoms with Crippen LogP contribution >= 0.6 is 0 Å². The Morgan fingerprint density at radius 2 is 1.75 bits per heavy atom. The highest BCUT2D eigenvalue weighted by Gasteiger charge is 2.36. The molecule has 1 amide bonds. The predicted molar refractivity (Wildman–Crippen MR) is 65.3 cm³/mol. The number of carbonyl (C=O) groups is 2. The van der Waals surface area contributed by atoms with Gasteiger partial charge in [0.1, 0.15) is 5.54 Å². The Hall–Kier alpha value is -2.05. The summed E-state index contributed by atoms with van der Waals surface area (Å²) in [5, 5.41) is 9.02. The number of benzene rings is 1. The number of halogens is 3. The lowest BCUT2D eigenvalue weighted by Crippen LogP contribution is -2.50. The van der Waals surface area contributed by atoms with Gasteiger partial charge in [0, 0.05) is 12.6 Å². The number of carbonyl (C=O) groups excluding carboxylic acids is 1. The highest BCUT2D eigenvalue weighted by molar-refractivity contribution is 5.97. The van der Waals surface area contributed by atoms with Crippen molar-refractivity contribution in [3.63, 3.8) is 0 Å². The van der Waals surface area contributed by atoms with Crippen LogP contribution in [0.25, 0.3) is 0 Å². The summed E-state index contributed by atoms with van der Waals surface area (Å²) in [6.45, 7) is 2.59. The summed E-state index contributed by atoms with van der Waals surface area (Å²) in [6.07, 6.45) is -4.56. The van der Waals surface area contributed by atoms with E-state index in [9.17, 15) is 22.8 Å². The predicted octanol–water partition coefficient (Wildman–Crippen LogP) is 2.64. The number of aliphatic carboxylic acids is 1. The molecule has 0 atom stereocenters. The average Bonchev–Trinajstić information content (AvgIpc) is 2.35. The van der Waals surface area contributed by atoms with Gasteiger partial charge in [0.05, 0.1) is 5.56 Å². The van der Waals surface area contributed by atoms with E-state index in [1.54, 1.807) is 0 Å². The van der Waals surface area contributed by atoms with E-state index in [1.165, 1.54) is 27.0 Å². The highest BCUT2D eigenvalue weighted by atomic mass is 19.4. The number of amides is 1. The van der Waals surface area contributed by atoms with E-state index in [0.717, 1.165) is 17.0 Å². The number of carboxylic acid groups (broad SMARTS) is 1. The standard InChI is InChI=1S/C13H14F3NO3/c1-12(2,11(19)20)17(3)10(18)8-5-4-6-9(7-8)13(14,15)16/h4-7H,1-3H3,(H,19,20). The Labute approximate surface area is 113 Å². The molecule has 0 radical (unpaired) electrons. The van der Waals surface area contributed by atoms with Gasteiger partial charge in [-0.15, -0.1) is 0 Å². The molecule has 0 aliphatic rings. The lowest BCUT2D eigenvalue weighted by atomic mass is 10.0. The summed E-state index contributed by atoms with van der Waals surface area (Å²) in [6, 6.07) is 3.87. The van der Waals surface area contributed by atoms with Gasteiger partial charge in [0.2, 0.25) is 0 Å². The fraction of sp³-hybridized carbons (Fsp3) is 0.385. The van der Waals surface area contributed by atoms with Gasteiger partial charge in [-0.2, -0.15) is 13.2 Å². The monoisotopic (exact) mass is 289 g/mol. The van der Waals surface area contributed by atoms with Crippen LogP contribution in [0.1, 0.15) is 29.8 Å². The third-order valence-electron chi connectivity index (χ3n) is 3.10. The van der Waals surface area contributed by atoms with Gasteiger partial charge in [-0.3, -0.25) is 4.79 Å². The summed E-state index contributed by atoms with van der Waals surface area (Å²) in [4.78, 5) is 24.0. The first-order valence-corrected chi connectivity index (χ1v) is 5.66. The molecule has 0 fully saturated rings. The van der Waals surface area contributed by atoms with Crippen molar-refractivity contribution in [3.05, 3.63) is 35.4 Å². The molecular weight excluding hydrogens is 275 g/mol. The molecule has 0 unspecified atom stereocenters. The van der Waals surface area contributed by atoms with Crippen molar-refractivity contribution in [1.82, 2.24) is 4.90 Å². The summed E-state index contributed by atoms with van der Waals surface area (Å²) in [5.74, 6) is -2.04. The van der Waals surface area contributed by atoms with Crippen molar-refractivity contribution < 1.29 is 27.9 Å². The maximum atomic E-state index is 12.6. The van der Waals surface area contributed by atoms with Gasteiger partial charge < -0.3 is 10.0 Å². The fourth-order valence-corrected chi connectivity index (χ4v) is 1.42. The first kappa shape index (κ1) is 16.0. The van der Waals surface area contributed by atoms with Crippen LogP contribution in [-0.4, -0.2) is 34.5 Å². The normalized spacial score (nSPS) is 12.1. The second-order valence-corrected chi connectivity index (χ2v) is 4.81. The molecule has 0 bridgehead atoms. The molecule has 1 N–H and O–H groups in total. The molecule has 20 heavy (non-hydrogen) atoms. The van der Waals surface area contributed by atoms with Crippen molar-refractivity contribution in [2.45, 2.75) is 25.6 Å². The summed E-state index contributed by atoms with van der Waals surface area (Å²) < 4.78 is 37.7. The van der Waals surface area contributed by atoms with Gasteiger partial charge in [0.15, 0.2) is 0 Å². The molecule has 0 heterocycles. The van der Waals surface area contributed by atoms with Crippen molar-refractivity contribution >= 4 is 11.9 Å². The van der Waals surface area contributed by atoms with Gasteiger partial charge >= 0.3 is 12.1 Å². The van der Waals surface area contributed by atoms with Crippen LogP contribution in [-0.2, 0) is 11.0 Å². The molecule has 1 rings (SSSR count). The first-order chi connectivity index (χ1) is 8.98. The van der Waals surface area contributed by atoms with Crippen molar-refractivity contribution in [3.8, 4) is 0 Å². The van der Waals surface area contributed by atoms with Crippen LogP contribution in [0.5, 0.6) is 0 Å². The minimum atomic E-state index is -4.56. The van der Waals surface area contributed by atoms with Crippen molar-refractivity contribution in [2.24, 2.45) is 0 Å². The molecule has 110 valence electrons. The number of alkyl halides is 3. The van der Waals surface area contributed by atoms with Crippen molar-refractivity contribution in [1.29, 1.82) is 0 Å². The Morgan fingerprint density at radius 1 is 1.20 bits per heavy atom. The van der Waals surface area contributed by atoms with Crippen LogP contribution in [0.15, 0.2) is 24.3 Å². The van der Waals surface area contributed by atoms with Gasteiger partial charge in [-0.05, 0) is 32.0 Å². The zero-order chi connectivity index (χ0) is 15.7. The highest BCUT2D eigenvalue weighted by Crippen LogP contribution is 2.30. The molecule has 0 saturated heterocycles. The Bertz CT molecular complexity index is 538. The molecule has 1 aromatic carbocycles. The van der Waals surface area contributed by atoms with E-state index >= 15 is 0 Å². The van der Waals surface area contributed by atoms with Crippen LogP contribution in [0.2, 0.25) is 0 Å². The number of nitrogens with zero attached hydrogens (tertiary/aromatic N) is 1. The summed E-state index contributed by atoms with van der Waals surface area (Å²) >= 11 is 0. The zero-order valence-electron chi connectivity index (χ0n) is 11.2. The average molecular weight is 289 g/mol. The molecule has 1 aromatic rings. The van der Waals surface area contributed by atoms with Crippen molar-refractivity contribution in [2.75, 3.05) is 7.05 Å². The first-order valence-electron chi connectivity index (χ1n) is 5.66. The van der Waals surface area contributed by atoms with Crippen LogP contribution in [0, 0.1) is 0 Å². The number of hydrogen-bond acceptors (Lipinski definition) is 2. The smallest absolute Gasteiger partial charge is 0.416 e. The topological polar surface area (TPSA) is 57.6 Å². The third kappa shape index (κ3) is 3.09. The van der Waals surface area contributed by atoms with E-state index in [1.807, 2.05) is 0 Å². The second-order valence-electron chi connectivity index (χ2n) is 4.81.